The van der Waals surface area contributed by atoms with E-state index in [1.807, 2.05) is 66.7 Å². The first-order valence-corrected chi connectivity index (χ1v) is 11.0. The number of ether oxygens (including phenoxy) is 2. The van der Waals surface area contributed by atoms with Gasteiger partial charge in [0, 0.05) is 0 Å². The van der Waals surface area contributed by atoms with Crippen molar-refractivity contribution in [3.8, 4) is 33.8 Å². The Balaban J connectivity index is 1.59. The minimum absolute atomic E-state index is 0.127. The molecule has 33 heavy (non-hydrogen) atoms. The average molecular weight is 457 g/mol. The van der Waals surface area contributed by atoms with Crippen molar-refractivity contribution in [3.63, 3.8) is 0 Å². The van der Waals surface area contributed by atoms with Crippen LogP contribution in [0, 0.1) is 0 Å². The molecular weight excluding hydrogens is 436 g/mol. The van der Waals surface area contributed by atoms with Gasteiger partial charge in [0.1, 0.15) is 5.75 Å². The van der Waals surface area contributed by atoms with Gasteiger partial charge in [-0.25, -0.2) is 9.97 Å². The van der Waals surface area contributed by atoms with Gasteiger partial charge >= 0.3 is 0 Å². The van der Waals surface area contributed by atoms with Crippen molar-refractivity contribution in [2.75, 3.05) is 14.2 Å². The zero-order chi connectivity index (χ0) is 22.8. The quantitative estimate of drug-likeness (QED) is 0.367. The zero-order valence-electron chi connectivity index (χ0n) is 18.0. The molecule has 0 unspecified atom stereocenters. The lowest BCUT2D eigenvalue weighted by Gasteiger charge is -2.07. The Morgan fingerprint density at radius 3 is 2.45 bits per heavy atom. The molecule has 0 aliphatic carbocycles. The van der Waals surface area contributed by atoms with Crippen molar-refractivity contribution in [2.24, 2.45) is 0 Å². The molecule has 0 radical (unpaired) electrons. The Morgan fingerprint density at radius 2 is 1.67 bits per heavy atom. The first-order chi connectivity index (χ1) is 16.2. The highest BCUT2D eigenvalue weighted by Gasteiger charge is 2.18. The molecule has 1 N–H and O–H groups in total. The van der Waals surface area contributed by atoms with Crippen LogP contribution in [0.25, 0.3) is 38.9 Å². The molecule has 5 aromatic rings. The monoisotopic (exact) mass is 456 g/mol. The normalized spacial score (nSPS) is 11.3. The van der Waals surface area contributed by atoms with Crippen LogP contribution in [-0.2, 0) is 0 Å². The summed E-state index contributed by atoms with van der Waals surface area (Å²) in [4.78, 5) is 9.41. The molecule has 2 aromatic heterocycles. The first kappa shape index (κ1) is 20.7. The van der Waals surface area contributed by atoms with Gasteiger partial charge in [-0.1, -0.05) is 47.7 Å². The summed E-state index contributed by atoms with van der Waals surface area (Å²) >= 11 is 1.52. The SMILES string of the molecule is COc1ccc(C=Cc2nc(-c3ccccc3O)n(-c3nc4ccccc4s3)n2)cc1OC. The molecule has 0 spiro atoms. The second kappa shape index (κ2) is 8.76. The van der Waals surface area contributed by atoms with E-state index in [0.29, 0.717) is 33.8 Å². The number of hydrogen-bond donors (Lipinski definition) is 1. The fourth-order valence-corrected chi connectivity index (χ4v) is 4.37. The lowest BCUT2D eigenvalue weighted by atomic mass is 10.2. The van der Waals surface area contributed by atoms with Crippen molar-refractivity contribution < 1.29 is 14.6 Å². The molecule has 8 heteroatoms. The van der Waals surface area contributed by atoms with Crippen LogP contribution >= 0.6 is 11.3 Å². The van der Waals surface area contributed by atoms with Crippen molar-refractivity contribution >= 4 is 33.7 Å². The van der Waals surface area contributed by atoms with E-state index in [4.69, 9.17) is 19.4 Å². The smallest absolute Gasteiger partial charge is 0.213 e. The van der Waals surface area contributed by atoms with Crippen LogP contribution in [0.5, 0.6) is 17.2 Å². The number of phenols is 1. The number of thiazole rings is 1. The fraction of sp³-hybridized carbons (Fsp3) is 0.0800. The van der Waals surface area contributed by atoms with Gasteiger partial charge in [-0.3, -0.25) is 0 Å². The van der Waals surface area contributed by atoms with Gasteiger partial charge < -0.3 is 14.6 Å². The van der Waals surface area contributed by atoms with Gasteiger partial charge in [0.2, 0.25) is 5.13 Å². The Hall–Kier alpha value is -4.17. The van der Waals surface area contributed by atoms with Crippen molar-refractivity contribution in [1.29, 1.82) is 0 Å². The number of aromatic hydroxyl groups is 1. The van der Waals surface area contributed by atoms with Gasteiger partial charge in [0.25, 0.3) is 0 Å². The number of para-hydroxylation sites is 2. The van der Waals surface area contributed by atoms with Gasteiger partial charge in [-0.15, -0.1) is 5.10 Å². The number of rotatable bonds is 6. The van der Waals surface area contributed by atoms with Crippen LogP contribution in [0.3, 0.4) is 0 Å². The Labute approximate surface area is 194 Å². The minimum atomic E-state index is 0.127. The molecule has 0 atom stereocenters. The first-order valence-electron chi connectivity index (χ1n) is 10.2. The Kier molecular flexibility index (Phi) is 5.50. The maximum Gasteiger partial charge on any atom is 0.213 e. The molecular formula is C25H20N4O3S. The van der Waals surface area contributed by atoms with E-state index >= 15 is 0 Å². The summed E-state index contributed by atoms with van der Waals surface area (Å²) in [5.74, 6) is 2.43. The number of aromatic nitrogens is 4. The van der Waals surface area contributed by atoms with Crippen LogP contribution in [0.2, 0.25) is 0 Å². The molecule has 0 saturated heterocycles. The Bertz CT molecular complexity index is 1440. The van der Waals surface area contributed by atoms with Crippen molar-refractivity contribution in [1.82, 2.24) is 19.7 Å². The maximum atomic E-state index is 10.5. The lowest BCUT2D eigenvalue weighted by Crippen LogP contribution is -1.99. The van der Waals surface area contributed by atoms with Crippen LogP contribution in [0.15, 0.2) is 66.7 Å². The highest BCUT2D eigenvalue weighted by molar-refractivity contribution is 7.20. The molecule has 5 rings (SSSR count). The molecule has 3 aromatic carbocycles. The molecule has 0 bridgehead atoms. The third-order valence-electron chi connectivity index (χ3n) is 5.06. The van der Waals surface area contributed by atoms with Crippen LogP contribution < -0.4 is 9.47 Å². The van der Waals surface area contributed by atoms with Gasteiger partial charge in [0.05, 0.1) is 30.0 Å². The molecule has 164 valence electrons. The number of benzene rings is 3. The molecule has 0 amide bonds. The average Bonchev–Trinajstić information content (AvgIpc) is 3.47. The summed E-state index contributed by atoms with van der Waals surface area (Å²) in [6, 6.07) is 20.6. The summed E-state index contributed by atoms with van der Waals surface area (Å²) in [5.41, 5.74) is 2.38. The summed E-state index contributed by atoms with van der Waals surface area (Å²) in [6.45, 7) is 0. The van der Waals surface area contributed by atoms with Gasteiger partial charge in [0.15, 0.2) is 23.1 Å². The predicted molar refractivity (Wildman–Crippen MR) is 130 cm³/mol. The van der Waals surface area contributed by atoms with Crippen LogP contribution in [0.4, 0.5) is 0 Å². The third-order valence-corrected chi connectivity index (χ3v) is 6.08. The number of nitrogens with zero attached hydrogens (tertiary/aromatic N) is 4. The van der Waals surface area contributed by atoms with Crippen LogP contribution in [0.1, 0.15) is 11.4 Å². The minimum Gasteiger partial charge on any atom is -0.507 e. The standard InChI is InChI=1S/C25H20N4O3S/c1-31-20-13-11-16(15-21(20)32-2)12-14-23-27-24(17-7-3-5-9-19(17)30)29(28-23)25-26-18-8-4-6-10-22(18)33-25/h3-15,30H,1-2H3. The second-order valence-corrected chi connectivity index (χ2v) is 8.14. The van der Waals surface area contributed by atoms with E-state index in [9.17, 15) is 5.11 Å². The number of fused-ring (bicyclic) bond motifs is 1. The van der Waals surface area contributed by atoms with E-state index < -0.39 is 0 Å². The topological polar surface area (TPSA) is 82.3 Å². The summed E-state index contributed by atoms with van der Waals surface area (Å²) in [7, 11) is 3.21. The number of hydrogen-bond acceptors (Lipinski definition) is 7. The maximum absolute atomic E-state index is 10.5. The van der Waals surface area contributed by atoms with E-state index in [2.05, 4.69) is 5.10 Å². The van der Waals surface area contributed by atoms with E-state index in [1.54, 1.807) is 31.0 Å². The fourth-order valence-electron chi connectivity index (χ4n) is 3.45. The predicted octanol–water partition coefficient (Wildman–Crippen LogP) is 5.44. The second-order valence-electron chi connectivity index (χ2n) is 7.13. The molecule has 0 aliphatic heterocycles. The van der Waals surface area contributed by atoms with E-state index in [1.165, 1.54) is 11.3 Å². The number of methoxy groups -OCH3 is 2. The molecule has 0 saturated carbocycles. The third kappa shape index (κ3) is 4.04. The highest BCUT2D eigenvalue weighted by Crippen LogP contribution is 2.32. The zero-order valence-corrected chi connectivity index (χ0v) is 18.8. The van der Waals surface area contributed by atoms with E-state index in [0.717, 1.165) is 15.8 Å². The van der Waals surface area contributed by atoms with Gasteiger partial charge in [-0.2, -0.15) is 4.68 Å². The highest BCUT2D eigenvalue weighted by atomic mass is 32.1. The van der Waals surface area contributed by atoms with Crippen molar-refractivity contribution in [2.45, 2.75) is 0 Å². The lowest BCUT2D eigenvalue weighted by molar-refractivity contribution is 0.355. The molecule has 2 heterocycles. The summed E-state index contributed by atoms with van der Waals surface area (Å²) in [5, 5.41) is 15.8. The Morgan fingerprint density at radius 1 is 0.879 bits per heavy atom. The molecule has 7 nitrogen and oxygen atoms in total. The van der Waals surface area contributed by atoms with Gasteiger partial charge in [-0.05, 0) is 48.0 Å². The van der Waals surface area contributed by atoms with Crippen LogP contribution in [-0.4, -0.2) is 39.1 Å². The van der Waals surface area contributed by atoms with Crippen molar-refractivity contribution in [3.05, 3.63) is 78.1 Å². The molecule has 0 aliphatic rings. The number of phenolic OH excluding ortho intramolecular Hbond substituents is 1. The molecule has 0 fully saturated rings. The van der Waals surface area contributed by atoms with E-state index in [-0.39, 0.29) is 5.75 Å². The summed E-state index contributed by atoms with van der Waals surface area (Å²) < 4.78 is 13.4. The largest absolute Gasteiger partial charge is 0.507 e. The summed E-state index contributed by atoms with van der Waals surface area (Å²) in [6.07, 6.45) is 3.71.